The Morgan fingerprint density at radius 2 is 1.23 bits per heavy atom. The van der Waals surface area contributed by atoms with Gasteiger partial charge in [-0.2, -0.15) is 6.42 Å². The standard InChI is InChI=1S/C40H55/c1-31(19-13-21-33(3)25-27-37-35(5)23-15-29-39(37,7)8)17-11-12-18-32(2)20-14-22-34(4)26-28-38-36(6)24-16-30-40(38,9)10/h11-14,17-22,25-28,38H,15-16,23,29-30H2,1-10H3/q-1/b12-11+,19-13-,20-14+,27-25+,28-26+,31-17+,32-18+,33-21-,34-22+. The van der Waals surface area contributed by atoms with Crippen LogP contribution in [-0.2, 0) is 0 Å². The molecule has 0 aromatic rings. The van der Waals surface area contributed by atoms with E-state index >= 15 is 0 Å². The van der Waals surface area contributed by atoms with Crippen molar-refractivity contribution < 1.29 is 0 Å². The third-order valence-corrected chi connectivity index (χ3v) is 8.35. The van der Waals surface area contributed by atoms with Gasteiger partial charge in [-0.1, -0.05) is 154 Å². The predicted octanol–water partition coefficient (Wildman–Crippen LogP) is 12.3. The topological polar surface area (TPSA) is 0 Å². The molecule has 0 saturated carbocycles. The lowest BCUT2D eigenvalue weighted by atomic mass is 9.68. The van der Waals surface area contributed by atoms with Crippen molar-refractivity contribution in [2.45, 2.75) is 101 Å². The molecule has 0 amide bonds. The Hall–Kier alpha value is -2.86. The van der Waals surface area contributed by atoms with E-state index in [9.17, 15) is 0 Å². The molecule has 0 heteroatoms. The molecule has 0 spiro atoms. The monoisotopic (exact) mass is 535 g/mol. The smallest absolute Gasteiger partial charge is 0.0104 e. The molecular weight excluding hydrogens is 480 g/mol. The minimum atomic E-state index is 0.290. The first-order valence-corrected chi connectivity index (χ1v) is 15.2. The van der Waals surface area contributed by atoms with Crippen molar-refractivity contribution in [3.8, 4) is 0 Å². The van der Waals surface area contributed by atoms with Gasteiger partial charge in [0.1, 0.15) is 0 Å². The average molecular weight is 536 g/mol. The molecule has 1 atom stereocenters. The van der Waals surface area contributed by atoms with E-state index in [-0.39, 0.29) is 5.41 Å². The summed E-state index contributed by atoms with van der Waals surface area (Å²) in [5.41, 5.74) is 10.0. The minimum Gasteiger partial charge on any atom is -0.497 e. The van der Waals surface area contributed by atoms with Crippen LogP contribution < -0.4 is 0 Å². The normalized spacial score (nSPS) is 23.6. The second-order valence-corrected chi connectivity index (χ2v) is 13.2. The van der Waals surface area contributed by atoms with Gasteiger partial charge in [0.25, 0.3) is 0 Å². The first-order valence-electron chi connectivity index (χ1n) is 15.2. The Balaban J connectivity index is 1.88. The molecule has 0 radical (unpaired) electrons. The molecule has 0 bridgehead atoms. The van der Waals surface area contributed by atoms with Crippen molar-refractivity contribution >= 4 is 0 Å². The van der Waals surface area contributed by atoms with Gasteiger partial charge < -0.3 is 6.08 Å². The van der Waals surface area contributed by atoms with Gasteiger partial charge in [0, 0.05) is 0 Å². The molecule has 0 aromatic carbocycles. The fourth-order valence-corrected chi connectivity index (χ4v) is 5.65. The molecule has 0 saturated heterocycles. The first kappa shape index (κ1) is 33.3. The molecule has 0 nitrogen and oxygen atoms in total. The van der Waals surface area contributed by atoms with Crippen molar-refractivity contribution in [2.24, 2.45) is 16.7 Å². The third kappa shape index (κ3) is 11.3. The summed E-state index contributed by atoms with van der Waals surface area (Å²) in [4.78, 5) is 0. The SMILES string of the molecule is CC1=[C-]CCC(C)(C)C1/C=C/C(C)=C/C=C/C(C)=C/C=C/C=C(C)/C=C\C=C(C)/C=C/C1=C(C)CCCC1(C)C. The van der Waals surface area contributed by atoms with Gasteiger partial charge in [-0.05, 0) is 76.2 Å². The van der Waals surface area contributed by atoms with E-state index in [4.69, 9.17) is 0 Å². The van der Waals surface area contributed by atoms with Crippen LogP contribution in [0.3, 0.4) is 0 Å². The highest BCUT2D eigenvalue weighted by Crippen LogP contribution is 2.42. The van der Waals surface area contributed by atoms with Crippen molar-refractivity contribution in [3.63, 3.8) is 0 Å². The highest BCUT2D eigenvalue weighted by Gasteiger charge is 2.27. The van der Waals surface area contributed by atoms with Crippen molar-refractivity contribution in [1.82, 2.24) is 0 Å². The van der Waals surface area contributed by atoms with E-state index in [0.717, 1.165) is 6.42 Å². The highest BCUT2D eigenvalue weighted by molar-refractivity contribution is 5.37. The van der Waals surface area contributed by atoms with Gasteiger partial charge in [0.15, 0.2) is 0 Å². The van der Waals surface area contributed by atoms with Crippen LogP contribution in [0.5, 0.6) is 0 Å². The number of hydrogen-bond acceptors (Lipinski definition) is 0. The maximum Gasteiger partial charge on any atom is -0.0104 e. The number of rotatable bonds is 10. The summed E-state index contributed by atoms with van der Waals surface area (Å²) in [6.45, 7) is 22.6. The number of hydrogen-bond donors (Lipinski definition) is 0. The molecule has 2 aliphatic rings. The zero-order valence-electron chi connectivity index (χ0n) is 27.2. The molecule has 0 fully saturated rings. The maximum atomic E-state index is 3.54. The van der Waals surface area contributed by atoms with Crippen LogP contribution in [0.1, 0.15) is 101 Å². The molecule has 216 valence electrons. The second kappa shape index (κ2) is 15.8. The summed E-state index contributed by atoms with van der Waals surface area (Å²) in [5, 5.41) is 0. The van der Waals surface area contributed by atoms with Crippen LogP contribution in [0.2, 0.25) is 0 Å². The number of allylic oxidation sites excluding steroid dienone is 22. The van der Waals surface area contributed by atoms with Gasteiger partial charge in [-0.15, -0.1) is 0 Å². The van der Waals surface area contributed by atoms with Gasteiger partial charge in [0.2, 0.25) is 0 Å². The van der Waals surface area contributed by atoms with Gasteiger partial charge in [0.05, 0.1) is 0 Å². The summed E-state index contributed by atoms with van der Waals surface area (Å²) in [7, 11) is 0. The van der Waals surface area contributed by atoms with Crippen molar-refractivity contribution in [1.29, 1.82) is 0 Å². The van der Waals surface area contributed by atoms with E-state index in [1.807, 2.05) is 0 Å². The minimum absolute atomic E-state index is 0.290. The fraction of sp³-hybridized carbons (Fsp3) is 0.450. The summed E-state index contributed by atoms with van der Waals surface area (Å²) < 4.78 is 0. The lowest BCUT2D eigenvalue weighted by Gasteiger charge is -2.43. The third-order valence-electron chi connectivity index (χ3n) is 8.35. The van der Waals surface area contributed by atoms with Crippen molar-refractivity contribution in [2.75, 3.05) is 0 Å². The molecule has 0 heterocycles. The quantitative estimate of drug-likeness (QED) is 0.193. The lowest BCUT2D eigenvalue weighted by molar-refractivity contribution is 0.252. The van der Waals surface area contributed by atoms with Gasteiger partial charge in [-0.3, -0.25) is 5.57 Å². The molecule has 2 rings (SSSR count). The van der Waals surface area contributed by atoms with E-state index in [0.29, 0.717) is 11.3 Å². The van der Waals surface area contributed by atoms with E-state index in [2.05, 4.69) is 160 Å². The molecule has 1 unspecified atom stereocenters. The molecule has 0 aromatic heterocycles. The van der Waals surface area contributed by atoms with Crippen LogP contribution in [-0.4, -0.2) is 0 Å². The maximum absolute atomic E-state index is 3.54. The largest absolute Gasteiger partial charge is 0.497 e. The first-order chi connectivity index (χ1) is 18.8. The lowest BCUT2D eigenvalue weighted by Crippen LogP contribution is -2.26. The van der Waals surface area contributed by atoms with E-state index < -0.39 is 0 Å². The Labute approximate surface area is 247 Å². The predicted molar refractivity (Wildman–Crippen MR) is 180 cm³/mol. The summed E-state index contributed by atoms with van der Waals surface area (Å²) >= 11 is 0. The summed E-state index contributed by atoms with van der Waals surface area (Å²) in [5.74, 6) is 0.477. The Morgan fingerprint density at radius 1 is 0.700 bits per heavy atom. The van der Waals surface area contributed by atoms with Crippen LogP contribution in [0.15, 0.2) is 124 Å². The molecule has 40 heavy (non-hydrogen) atoms. The second-order valence-electron chi connectivity index (χ2n) is 13.2. The Morgan fingerprint density at radius 3 is 1.77 bits per heavy atom. The zero-order valence-corrected chi connectivity index (χ0v) is 27.2. The van der Waals surface area contributed by atoms with Gasteiger partial charge >= 0.3 is 0 Å². The van der Waals surface area contributed by atoms with Crippen LogP contribution in [0.25, 0.3) is 0 Å². The molecule has 0 aliphatic heterocycles. The molecule has 2 aliphatic carbocycles. The van der Waals surface area contributed by atoms with E-state index in [1.165, 1.54) is 59.1 Å². The van der Waals surface area contributed by atoms with Crippen LogP contribution >= 0.6 is 0 Å². The summed E-state index contributed by atoms with van der Waals surface area (Å²) in [6.07, 6.45) is 40.4. The van der Waals surface area contributed by atoms with Gasteiger partial charge in [-0.25, -0.2) is 0 Å². The highest BCUT2D eigenvalue weighted by atomic mass is 14.3. The Bertz CT molecular complexity index is 1200. The van der Waals surface area contributed by atoms with Crippen LogP contribution in [0, 0.1) is 22.8 Å². The Kier molecular flexibility index (Phi) is 13.2. The zero-order chi connectivity index (χ0) is 29.8. The fourth-order valence-electron chi connectivity index (χ4n) is 5.65. The van der Waals surface area contributed by atoms with Crippen molar-refractivity contribution in [3.05, 3.63) is 130 Å². The average Bonchev–Trinajstić information content (AvgIpc) is 2.85. The van der Waals surface area contributed by atoms with Crippen LogP contribution in [0.4, 0.5) is 0 Å². The molecule has 0 N–H and O–H groups in total. The summed E-state index contributed by atoms with van der Waals surface area (Å²) in [6, 6.07) is 0. The van der Waals surface area contributed by atoms with E-state index in [1.54, 1.807) is 5.57 Å². The molecular formula is C40H55-.